The van der Waals surface area contributed by atoms with Crippen molar-refractivity contribution in [2.45, 2.75) is 6.92 Å². The van der Waals surface area contributed by atoms with Gasteiger partial charge in [-0.1, -0.05) is 18.2 Å². The minimum Gasteiger partial charge on any atom is -0.295 e. The van der Waals surface area contributed by atoms with Gasteiger partial charge in [0.1, 0.15) is 0 Å². The average molecular weight is 186 g/mol. The second-order valence-corrected chi connectivity index (χ2v) is 3.12. The molecule has 0 saturated heterocycles. The summed E-state index contributed by atoms with van der Waals surface area (Å²) in [4.78, 5) is 11.1. The Kier molecular flexibility index (Phi) is 2.14. The topological polar surface area (TPSA) is 45.8 Å². The summed E-state index contributed by atoms with van der Waals surface area (Å²) in [6.45, 7) is 1.56. The Labute approximate surface area is 81.8 Å². The van der Waals surface area contributed by atoms with Crippen LogP contribution in [0, 0.1) is 0 Å². The first kappa shape index (κ1) is 8.69. The summed E-state index contributed by atoms with van der Waals surface area (Å²) in [7, 11) is 0. The Hall–Kier alpha value is -1.90. The first-order valence-electron chi connectivity index (χ1n) is 4.37. The highest BCUT2D eigenvalue weighted by molar-refractivity contribution is 5.95. The highest BCUT2D eigenvalue weighted by Gasteiger charge is 2.02. The fourth-order valence-electron chi connectivity index (χ4n) is 1.33. The molecule has 3 heteroatoms. The van der Waals surface area contributed by atoms with Gasteiger partial charge in [-0.15, -0.1) is 0 Å². The molecular weight excluding hydrogens is 176 g/mol. The maximum atomic E-state index is 11.1. The van der Waals surface area contributed by atoms with Crippen molar-refractivity contribution in [1.29, 1.82) is 0 Å². The number of rotatable bonds is 2. The normalized spacial score (nSPS) is 10.1. The predicted molar refractivity (Wildman–Crippen MR) is 54.0 cm³/mol. The van der Waals surface area contributed by atoms with Crippen LogP contribution in [-0.2, 0) is 0 Å². The fourth-order valence-corrected chi connectivity index (χ4v) is 1.33. The number of Topliss-reactive ketones (excluding diaryl/α,β-unsaturated/α-hetero) is 1. The molecule has 0 radical (unpaired) electrons. The Bertz CT molecular complexity index is 446. The monoisotopic (exact) mass is 186 g/mol. The van der Waals surface area contributed by atoms with Crippen LogP contribution in [0.25, 0.3) is 11.1 Å². The molecule has 14 heavy (non-hydrogen) atoms. The number of ketones is 1. The van der Waals surface area contributed by atoms with Crippen LogP contribution in [0.15, 0.2) is 36.7 Å². The molecule has 0 aliphatic rings. The molecule has 1 heterocycles. The zero-order valence-corrected chi connectivity index (χ0v) is 7.82. The van der Waals surface area contributed by atoms with Gasteiger partial charge >= 0.3 is 0 Å². The first-order chi connectivity index (χ1) is 6.77. The van der Waals surface area contributed by atoms with Crippen molar-refractivity contribution in [2.24, 2.45) is 0 Å². The van der Waals surface area contributed by atoms with E-state index >= 15 is 0 Å². The second kappa shape index (κ2) is 3.46. The third-order valence-electron chi connectivity index (χ3n) is 2.10. The van der Waals surface area contributed by atoms with Gasteiger partial charge in [0.05, 0.1) is 6.20 Å². The molecule has 0 fully saturated rings. The van der Waals surface area contributed by atoms with Gasteiger partial charge in [-0.25, -0.2) is 0 Å². The Morgan fingerprint density at radius 1 is 1.36 bits per heavy atom. The molecule has 0 unspecified atom stereocenters. The molecule has 3 nitrogen and oxygen atoms in total. The zero-order chi connectivity index (χ0) is 9.97. The van der Waals surface area contributed by atoms with E-state index in [1.54, 1.807) is 19.3 Å². The van der Waals surface area contributed by atoms with E-state index in [0.29, 0.717) is 0 Å². The lowest BCUT2D eigenvalue weighted by molar-refractivity contribution is 0.101. The van der Waals surface area contributed by atoms with Crippen molar-refractivity contribution in [3.8, 4) is 11.1 Å². The summed E-state index contributed by atoms with van der Waals surface area (Å²) >= 11 is 0. The molecule has 1 aromatic heterocycles. The van der Waals surface area contributed by atoms with Crippen molar-refractivity contribution in [2.75, 3.05) is 0 Å². The van der Waals surface area contributed by atoms with E-state index in [2.05, 4.69) is 10.2 Å². The summed E-state index contributed by atoms with van der Waals surface area (Å²) in [5.74, 6) is 0.0790. The minimum absolute atomic E-state index is 0.0790. The van der Waals surface area contributed by atoms with Crippen molar-refractivity contribution in [3.63, 3.8) is 0 Å². The van der Waals surface area contributed by atoms with E-state index in [1.807, 2.05) is 24.3 Å². The highest BCUT2D eigenvalue weighted by atomic mass is 16.1. The number of carbonyl (C=O) groups excluding carboxylic acids is 1. The number of aromatic nitrogens is 2. The minimum atomic E-state index is 0.0790. The standard InChI is InChI=1S/C11H10N2O/c1-8(14)9-3-2-4-10(5-9)11-6-12-13-7-11/h2-7H,1H3,(H,12,13). The van der Waals surface area contributed by atoms with Gasteiger partial charge in [0.25, 0.3) is 0 Å². The number of nitrogens with one attached hydrogen (secondary N) is 1. The fraction of sp³-hybridized carbons (Fsp3) is 0.0909. The number of hydrogen-bond acceptors (Lipinski definition) is 2. The van der Waals surface area contributed by atoms with Gasteiger partial charge in [-0.05, 0) is 18.6 Å². The highest BCUT2D eigenvalue weighted by Crippen LogP contribution is 2.18. The van der Waals surface area contributed by atoms with Crippen LogP contribution in [0.4, 0.5) is 0 Å². The van der Waals surface area contributed by atoms with E-state index in [0.717, 1.165) is 16.7 Å². The summed E-state index contributed by atoms with van der Waals surface area (Å²) in [6, 6.07) is 7.51. The van der Waals surface area contributed by atoms with Crippen molar-refractivity contribution in [1.82, 2.24) is 10.2 Å². The number of hydrogen-bond donors (Lipinski definition) is 1. The SMILES string of the molecule is CC(=O)c1cccc(-c2cn[nH]c2)c1. The number of H-pyrrole nitrogens is 1. The lowest BCUT2D eigenvalue weighted by Crippen LogP contribution is -1.91. The first-order valence-corrected chi connectivity index (χ1v) is 4.37. The second-order valence-electron chi connectivity index (χ2n) is 3.12. The van der Waals surface area contributed by atoms with Crippen LogP contribution in [0.5, 0.6) is 0 Å². The molecule has 1 aromatic carbocycles. The Balaban J connectivity index is 2.46. The van der Waals surface area contributed by atoms with Gasteiger partial charge < -0.3 is 0 Å². The molecule has 0 spiro atoms. The van der Waals surface area contributed by atoms with Gasteiger partial charge in [-0.3, -0.25) is 9.89 Å². The summed E-state index contributed by atoms with van der Waals surface area (Å²) in [6.07, 6.45) is 3.54. The van der Waals surface area contributed by atoms with Crippen LogP contribution in [-0.4, -0.2) is 16.0 Å². The van der Waals surface area contributed by atoms with Crippen LogP contribution in [0.1, 0.15) is 17.3 Å². The smallest absolute Gasteiger partial charge is 0.159 e. The van der Waals surface area contributed by atoms with Crippen LogP contribution in [0.3, 0.4) is 0 Å². The molecular formula is C11H10N2O. The molecule has 1 N–H and O–H groups in total. The zero-order valence-electron chi connectivity index (χ0n) is 7.82. The third-order valence-corrected chi connectivity index (χ3v) is 2.10. The molecule has 0 bridgehead atoms. The molecule has 0 atom stereocenters. The maximum Gasteiger partial charge on any atom is 0.159 e. The number of nitrogens with zero attached hydrogens (tertiary/aromatic N) is 1. The maximum absolute atomic E-state index is 11.1. The number of aromatic amines is 1. The Morgan fingerprint density at radius 3 is 2.86 bits per heavy atom. The lowest BCUT2D eigenvalue weighted by Gasteiger charge is -1.99. The van der Waals surface area contributed by atoms with Gasteiger partial charge in [0.2, 0.25) is 0 Å². The van der Waals surface area contributed by atoms with Gasteiger partial charge in [0.15, 0.2) is 5.78 Å². The van der Waals surface area contributed by atoms with E-state index in [4.69, 9.17) is 0 Å². The van der Waals surface area contributed by atoms with E-state index in [-0.39, 0.29) is 5.78 Å². The lowest BCUT2D eigenvalue weighted by atomic mass is 10.0. The molecule has 2 rings (SSSR count). The molecule has 0 saturated carbocycles. The summed E-state index contributed by atoms with van der Waals surface area (Å²) in [5, 5.41) is 6.61. The van der Waals surface area contributed by atoms with Gasteiger partial charge in [-0.2, -0.15) is 5.10 Å². The summed E-state index contributed by atoms with van der Waals surface area (Å²) < 4.78 is 0. The van der Waals surface area contributed by atoms with E-state index in [9.17, 15) is 4.79 Å². The van der Waals surface area contributed by atoms with Crippen molar-refractivity contribution < 1.29 is 4.79 Å². The van der Waals surface area contributed by atoms with E-state index in [1.165, 1.54) is 0 Å². The largest absolute Gasteiger partial charge is 0.295 e. The average Bonchev–Trinajstić information content (AvgIpc) is 2.71. The van der Waals surface area contributed by atoms with E-state index < -0.39 is 0 Å². The van der Waals surface area contributed by atoms with Crippen LogP contribution in [0.2, 0.25) is 0 Å². The Morgan fingerprint density at radius 2 is 2.21 bits per heavy atom. The molecule has 2 aromatic rings. The van der Waals surface area contributed by atoms with Crippen molar-refractivity contribution in [3.05, 3.63) is 42.2 Å². The van der Waals surface area contributed by atoms with Gasteiger partial charge in [0, 0.05) is 17.3 Å². The number of benzene rings is 1. The van der Waals surface area contributed by atoms with Crippen LogP contribution < -0.4 is 0 Å². The molecule has 0 aliphatic carbocycles. The summed E-state index contributed by atoms with van der Waals surface area (Å²) in [5.41, 5.74) is 2.73. The predicted octanol–water partition coefficient (Wildman–Crippen LogP) is 2.28. The molecule has 70 valence electrons. The quantitative estimate of drug-likeness (QED) is 0.731. The molecule has 0 aliphatic heterocycles. The molecule has 0 amide bonds. The third kappa shape index (κ3) is 1.57. The van der Waals surface area contributed by atoms with Crippen LogP contribution >= 0.6 is 0 Å². The number of carbonyl (C=O) groups is 1. The van der Waals surface area contributed by atoms with Crippen molar-refractivity contribution >= 4 is 5.78 Å².